The highest BCUT2D eigenvalue weighted by Crippen LogP contribution is 2.53. The molecular weight excluding hydrogens is 268 g/mol. The molecule has 1 saturated carbocycles. The lowest BCUT2D eigenvalue weighted by Gasteiger charge is -2.40. The number of carbonyl (C=O) groups is 1. The summed E-state index contributed by atoms with van der Waals surface area (Å²) >= 11 is 6.25. The number of rotatable bonds is 3. The summed E-state index contributed by atoms with van der Waals surface area (Å²) < 4.78 is 5.17. The second-order valence-corrected chi connectivity index (χ2v) is 5.44. The van der Waals surface area contributed by atoms with Gasteiger partial charge in [-0.05, 0) is 32.3 Å². The first-order chi connectivity index (χ1) is 8.86. The van der Waals surface area contributed by atoms with Gasteiger partial charge in [-0.2, -0.15) is 0 Å². The van der Waals surface area contributed by atoms with E-state index in [1.54, 1.807) is 13.8 Å². The van der Waals surface area contributed by atoms with Crippen LogP contribution in [-0.2, 0) is 10.2 Å². The van der Waals surface area contributed by atoms with Crippen LogP contribution in [0.1, 0.15) is 36.0 Å². The van der Waals surface area contributed by atoms with Crippen LogP contribution in [0.4, 0.5) is 0 Å². The summed E-state index contributed by atoms with van der Waals surface area (Å²) in [6, 6.07) is 0. The van der Waals surface area contributed by atoms with Gasteiger partial charge in [0.1, 0.15) is 0 Å². The fourth-order valence-corrected chi connectivity index (χ4v) is 3.08. The number of aliphatic carboxylic acids is 1. The fourth-order valence-electron chi connectivity index (χ4n) is 2.90. The van der Waals surface area contributed by atoms with Crippen molar-refractivity contribution in [2.75, 3.05) is 7.11 Å². The van der Waals surface area contributed by atoms with E-state index in [1.165, 1.54) is 7.11 Å². The Morgan fingerprint density at radius 1 is 1.32 bits per heavy atom. The van der Waals surface area contributed by atoms with Crippen LogP contribution in [-0.4, -0.2) is 23.3 Å². The third-order valence-electron chi connectivity index (χ3n) is 4.13. The molecule has 2 N–H and O–H groups in total. The third-order valence-corrected chi connectivity index (χ3v) is 4.69. The number of benzene rings is 1. The smallest absolute Gasteiger partial charge is 0.314 e. The summed E-state index contributed by atoms with van der Waals surface area (Å²) in [6.07, 6.45) is 1.86. The van der Waals surface area contributed by atoms with E-state index in [2.05, 4.69) is 0 Å². The van der Waals surface area contributed by atoms with Gasteiger partial charge < -0.3 is 14.9 Å². The summed E-state index contributed by atoms with van der Waals surface area (Å²) in [5.74, 6) is -0.749. The maximum atomic E-state index is 11.6. The minimum Gasteiger partial charge on any atom is -0.504 e. The SMILES string of the molecule is COc1c(C)c(Cl)c(C)c(C2(C(=O)O)CCC2)c1O. The van der Waals surface area contributed by atoms with Crippen LogP contribution >= 0.6 is 11.6 Å². The van der Waals surface area contributed by atoms with Crippen molar-refractivity contribution in [2.24, 2.45) is 0 Å². The maximum absolute atomic E-state index is 11.6. The van der Waals surface area contributed by atoms with Gasteiger partial charge in [-0.15, -0.1) is 0 Å². The van der Waals surface area contributed by atoms with Crippen molar-refractivity contribution < 1.29 is 19.7 Å². The minimum absolute atomic E-state index is 0.0935. The first-order valence-corrected chi connectivity index (χ1v) is 6.54. The molecule has 1 aromatic rings. The average molecular weight is 285 g/mol. The molecule has 0 spiro atoms. The van der Waals surface area contributed by atoms with Crippen LogP contribution in [0.5, 0.6) is 11.5 Å². The van der Waals surface area contributed by atoms with Crippen LogP contribution in [0, 0.1) is 13.8 Å². The number of ether oxygens (including phenoxy) is 1. The van der Waals surface area contributed by atoms with E-state index in [9.17, 15) is 15.0 Å². The van der Waals surface area contributed by atoms with Gasteiger partial charge in [-0.3, -0.25) is 4.79 Å². The zero-order valence-electron chi connectivity index (χ0n) is 11.2. The number of hydrogen-bond acceptors (Lipinski definition) is 3. The van der Waals surface area contributed by atoms with E-state index in [1.807, 2.05) is 0 Å². The van der Waals surface area contributed by atoms with Crippen molar-refractivity contribution in [2.45, 2.75) is 38.5 Å². The van der Waals surface area contributed by atoms with Gasteiger partial charge in [0.2, 0.25) is 0 Å². The Kier molecular flexibility index (Phi) is 3.39. The largest absolute Gasteiger partial charge is 0.504 e. The van der Waals surface area contributed by atoms with Crippen LogP contribution in [0.3, 0.4) is 0 Å². The molecule has 4 nitrogen and oxygen atoms in total. The molecule has 0 aliphatic heterocycles. The summed E-state index contributed by atoms with van der Waals surface area (Å²) in [5.41, 5.74) is 0.625. The number of halogens is 1. The molecule has 19 heavy (non-hydrogen) atoms. The summed E-state index contributed by atoms with van der Waals surface area (Å²) in [7, 11) is 1.44. The molecule has 0 bridgehead atoms. The molecule has 0 atom stereocenters. The number of carboxylic acids is 1. The molecule has 0 heterocycles. The highest BCUT2D eigenvalue weighted by atomic mass is 35.5. The van der Waals surface area contributed by atoms with E-state index in [4.69, 9.17) is 16.3 Å². The molecule has 5 heteroatoms. The number of aromatic hydroxyl groups is 1. The molecule has 104 valence electrons. The molecule has 0 amide bonds. The molecule has 1 aliphatic carbocycles. The minimum atomic E-state index is -1.03. The van der Waals surface area contributed by atoms with E-state index in [0.29, 0.717) is 34.6 Å². The molecule has 0 aromatic heterocycles. The van der Waals surface area contributed by atoms with Crippen LogP contribution < -0.4 is 4.74 Å². The topological polar surface area (TPSA) is 66.8 Å². The Labute approximate surface area is 117 Å². The molecule has 0 unspecified atom stereocenters. The monoisotopic (exact) mass is 284 g/mol. The van der Waals surface area contributed by atoms with E-state index >= 15 is 0 Å². The van der Waals surface area contributed by atoms with Crippen molar-refractivity contribution in [3.05, 3.63) is 21.7 Å². The molecule has 2 rings (SSSR count). The van der Waals surface area contributed by atoms with E-state index < -0.39 is 11.4 Å². The molecule has 0 saturated heterocycles. The van der Waals surface area contributed by atoms with Gasteiger partial charge >= 0.3 is 5.97 Å². The second kappa shape index (κ2) is 4.60. The lowest BCUT2D eigenvalue weighted by molar-refractivity contribution is -0.147. The number of phenolic OH excluding ortho intramolecular Hbond substituents is 1. The zero-order valence-corrected chi connectivity index (χ0v) is 12.0. The number of methoxy groups -OCH3 is 1. The number of carboxylic acid groups (broad SMARTS) is 1. The Morgan fingerprint density at radius 2 is 1.89 bits per heavy atom. The summed E-state index contributed by atoms with van der Waals surface area (Å²) in [6.45, 7) is 3.48. The van der Waals surface area contributed by atoms with Crippen LogP contribution in [0.25, 0.3) is 0 Å². The standard InChI is InChI=1S/C14H17ClO4/c1-7-9(14(13(17)18)5-4-6-14)11(16)12(19-3)8(2)10(7)15/h16H,4-6H2,1-3H3,(H,17,18). The third kappa shape index (κ3) is 1.77. The van der Waals surface area contributed by atoms with Crippen molar-refractivity contribution in [1.82, 2.24) is 0 Å². The van der Waals surface area contributed by atoms with E-state index in [-0.39, 0.29) is 11.5 Å². The number of phenols is 1. The van der Waals surface area contributed by atoms with Gasteiger partial charge in [-0.1, -0.05) is 18.0 Å². The Hall–Kier alpha value is -1.42. The predicted octanol–water partition coefficient (Wildman–Crippen LogP) is 3.18. The van der Waals surface area contributed by atoms with Crippen LogP contribution in [0.15, 0.2) is 0 Å². The van der Waals surface area contributed by atoms with Gasteiger partial charge in [0, 0.05) is 11.1 Å². The summed E-state index contributed by atoms with van der Waals surface area (Å²) in [5, 5.41) is 20.3. The molecular formula is C14H17ClO4. The fraction of sp³-hybridized carbons (Fsp3) is 0.500. The highest BCUT2D eigenvalue weighted by Gasteiger charge is 2.49. The molecule has 0 radical (unpaired) electrons. The Balaban J connectivity index is 2.77. The van der Waals surface area contributed by atoms with Gasteiger partial charge in [0.05, 0.1) is 17.5 Å². The lowest BCUT2D eigenvalue weighted by Crippen LogP contribution is -2.43. The lowest BCUT2D eigenvalue weighted by atomic mass is 9.63. The Bertz CT molecular complexity index is 547. The van der Waals surface area contributed by atoms with E-state index in [0.717, 1.165) is 6.42 Å². The van der Waals surface area contributed by atoms with Gasteiger partial charge in [0.25, 0.3) is 0 Å². The highest BCUT2D eigenvalue weighted by molar-refractivity contribution is 6.32. The van der Waals surface area contributed by atoms with Crippen molar-refractivity contribution in [1.29, 1.82) is 0 Å². The summed E-state index contributed by atoms with van der Waals surface area (Å²) in [4.78, 5) is 11.6. The van der Waals surface area contributed by atoms with Crippen molar-refractivity contribution in [3.8, 4) is 11.5 Å². The second-order valence-electron chi connectivity index (χ2n) is 5.06. The predicted molar refractivity (Wildman–Crippen MR) is 72.3 cm³/mol. The first-order valence-electron chi connectivity index (χ1n) is 6.16. The van der Waals surface area contributed by atoms with Gasteiger partial charge in [0.15, 0.2) is 11.5 Å². The molecule has 1 aromatic carbocycles. The van der Waals surface area contributed by atoms with Crippen molar-refractivity contribution >= 4 is 17.6 Å². The number of hydrogen-bond donors (Lipinski definition) is 2. The zero-order chi connectivity index (χ0) is 14.4. The first kappa shape index (κ1) is 14.0. The molecule has 1 fully saturated rings. The van der Waals surface area contributed by atoms with Crippen LogP contribution in [0.2, 0.25) is 5.02 Å². The quantitative estimate of drug-likeness (QED) is 0.894. The van der Waals surface area contributed by atoms with Gasteiger partial charge in [-0.25, -0.2) is 0 Å². The molecule has 1 aliphatic rings. The maximum Gasteiger partial charge on any atom is 0.314 e. The average Bonchev–Trinajstić information content (AvgIpc) is 2.30. The Morgan fingerprint density at radius 3 is 2.26 bits per heavy atom. The van der Waals surface area contributed by atoms with Crippen molar-refractivity contribution in [3.63, 3.8) is 0 Å². The normalized spacial score (nSPS) is 16.8.